The lowest BCUT2D eigenvalue weighted by Crippen LogP contribution is -2.43. The Kier molecular flexibility index (Phi) is 6.41. The number of hydrogen-bond donors (Lipinski definition) is 1. The molecule has 0 bridgehead atoms. The summed E-state index contributed by atoms with van der Waals surface area (Å²) in [5.41, 5.74) is 0.907. The molecular weight excluding hydrogens is 445 g/mol. The molecule has 1 aliphatic rings. The third kappa shape index (κ3) is 4.86. The van der Waals surface area contributed by atoms with Gasteiger partial charge in [-0.1, -0.05) is 23.2 Å². The summed E-state index contributed by atoms with van der Waals surface area (Å²) in [5, 5.41) is 4.68. The van der Waals surface area contributed by atoms with Crippen LogP contribution in [0.3, 0.4) is 0 Å². The fourth-order valence-corrected chi connectivity index (χ4v) is 4.67. The summed E-state index contributed by atoms with van der Waals surface area (Å²) in [5.74, 6) is -0.311. The van der Waals surface area contributed by atoms with Gasteiger partial charge in [0.2, 0.25) is 5.91 Å². The first kappa shape index (κ1) is 20.9. The molecule has 0 aliphatic carbocycles. The van der Waals surface area contributed by atoms with Crippen LogP contribution in [0.4, 0.5) is 5.13 Å². The number of anilines is 1. The van der Waals surface area contributed by atoms with E-state index in [0.29, 0.717) is 40.4 Å². The lowest BCUT2D eigenvalue weighted by molar-refractivity contribution is -0.121. The van der Waals surface area contributed by atoms with Crippen LogP contribution in [-0.4, -0.2) is 34.8 Å². The predicted octanol–water partition coefficient (Wildman–Crippen LogP) is 5.12. The quantitative estimate of drug-likeness (QED) is 0.569. The number of nitrogens with one attached hydrogen (secondary N) is 1. The van der Waals surface area contributed by atoms with Crippen molar-refractivity contribution in [1.29, 1.82) is 0 Å². The molecule has 0 radical (unpaired) electrons. The maximum atomic E-state index is 12.7. The minimum absolute atomic E-state index is 0.131. The van der Waals surface area contributed by atoms with Crippen LogP contribution >= 0.6 is 34.5 Å². The van der Waals surface area contributed by atoms with Gasteiger partial charge in [-0.3, -0.25) is 9.59 Å². The number of piperidine rings is 1. The SMILES string of the molecule is O=C(Nc1ncc(Cc2cc(Cl)ccc2Cl)s1)C1CCCN(C(=O)c2ccco2)C1. The van der Waals surface area contributed by atoms with E-state index in [9.17, 15) is 9.59 Å². The zero-order valence-corrected chi connectivity index (χ0v) is 18.3. The van der Waals surface area contributed by atoms with Gasteiger partial charge in [0.05, 0.1) is 12.2 Å². The van der Waals surface area contributed by atoms with Crippen molar-refractivity contribution < 1.29 is 14.0 Å². The largest absolute Gasteiger partial charge is 0.459 e. The summed E-state index contributed by atoms with van der Waals surface area (Å²) >= 11 is 13.7. The van der Waals surface area contributed by atoms with E-state index in [2.05, 4.69) is 10.3 Å². The van der Waals surface area contributed by atoms with Crippen LogP contribution in [0.2, 0.25) is 10.0 Å². The fourth-order valence-electron chi connectivity index (χ4n) is 3.45. The van der Waals surface area contributed by atoms with Crippen LogP contribution in [0.25, 0.3) is 0 Å². The highest BCUT2D eigenvalue weighted by atomic mass is 35.5. The molecule has 1 aromatic carbocycles. The number of furan rings is 1. The van der Waals surface area contributed by atoms with Crippen LogP contribution in [0.5, 0.6) is 0 Å². The zero-order chi connectivity index (χ0) is 21.1. The zero-order valence-electron chi connectivity index (χ0n) is 15.9. The van der Waals surface area contributed by atoms with Crippen molar-refractivity contribution in [3.8, 4) is 0 Å². The third-order valence-electron chi connectivity index (χ3n) is 4.97. The molecule has 1 fully saturated rings. The second-order valence-corrected chi connectivity index (χ2v) is 9.06. The summed E-state index contributed by atoms with van der Waals surface area (Å²) in [6.45, 7) is 0.979. The maximum absolute atomic E-state index is 12.7. The van der Waals surface area contributed by atoms with Gasteiger partial charge < -0.3 is 14.6 Å². The van der Waals surface area contributed by atoms with Crippen molar-refractivity contribution in [2.45, 2.75) is 19.3 Å². The average Bonchev–Trinajstić information content (AvgIpc) is 3.43. The molecule has 0 saturated carbocycles. The Labute approximate surface area is 187 Å². The molecule has 2 aromatic heterocycles. The van der Waals surface area contributed by atoms with Gasteiger partial charge in [-0.05, 0) is 48.7 Å². The van der Waals surface area contributed by atoms with E-state index in [4.69, 9.17) is 27.6 Å². The van der Waals surface area contributed by atoms with Crippen LogP contribution in [-0.2, 0) is 11.2 Å². The van der Waals surface area contributed by atoms with Crippen molar-refractivity contribution in [2.24, 2.45) is 5.92 Å². The lowest BCUT2D eigenvalue weighted by Gasteiger charge is -2.31. The number of nitrogens with zero attached hydrogens (tertiary/aromatic N) is 2. The normalized spacial score (nSPS) is 16.5. The Morgan fingerprint density at radius 2 is 2.17 bits per heavy atom. The van der Waals surface area contributed by atoms with Crippen molar-refractivity contribution in [1.82, 2.24) is 9.88 Å². The topological polar surface area (TPSA) is 75.4 Å². The highest BCUT2D eigenvalue weighted by molar-refractivity contribution is 7.15. The molecule has 9 heteroatoms. The number of aromatic nitrogens is 1. The van der Waals surface area contributed by atoms with Crippen molar-refractivity contribution in [3.63, 3.8) is 0 Å². The van der Waals surface area contributed by atoms with Crippen LogP contribution < -0.4 is 5.32 Å². The van der Waals surface area contributed by atoms with Gasteiger partial charge in [-0.25, -0.2) is 4.98 Å². The molecule has 0 spiro atoms. The number of rotatable bonds is 5. The van der Waals surface area contributed by atoms with E-state index < -0.39 is 0 Å². The number of hydrogen-bond acceptors (Lipinski definition) is 5. The molecule has 2 amide bonds. The lowest BCUT2D eigenvalue weighted by atomic mass is 9.97. The van der Waals surface area contributed by atoms with Crippen molar-refractivity contribution >= 4 is 51.5 Å². The standard InChI is InChI=1S/C21H19Cl2N3O3S/c22-15-5-6-17(23)14(9-15)10-16-11-24-21(30-16)25-19(27)13-3-1-7-26(12-13)20(28)18-4-2-8-29-18/h2,4-6,8-9,11,13H,1,3,7,10,12H2,(H,24,25,27). The van der Waals surface area contributed by atoms with Gasteiger partial charge in [0.25, 0.3) is 5.91 Å². The van der Waals surface area contributed by atoms with Gasteiger partial charge in [0.1, 0.15) is 0 Å². The van der Waals surface area contributed by atoms with E-state index in [1.165, 1.54) is 17.6 Å². The summed E-state index contributed by atoms with van der Waals surface area (Å²) < 4.78 is 5.19. The molecule has 30 heavy (non-hydrogen) atoms. The van der Waals surface area contributed by atoms with Gasteiger partial charge in [-0.2, -0.15) is 0 Å². The van der Waals surface area contributed by atoms with Crippen LogP contribution in [0, 0.1) is 5.92 Å². The Morgan fingerprint density at radius 1 is 1.30 bits per heavy atom. The highest BCUT2D eigenvalue weighted by Crippen LogP contribution is 2.28. The molecular formula is C21H19Cl2N3O3S. The van der Waals surface area contributed by atoms with Gasteiger partial charge in [0.15, 0.2) is 10.9 Å². The summed E-state index contributed by atoms with van der Waals surface area (Å²) in [6.07, 6.45) is 5.27. The predicted molar refractivity (Wildman–Crippen MR) is 117 cm³/mol. The molecule has 1 N–H and O–H groups in total. The first-order valence-corrected chi connectivity index (χ1v) is 11.1. The molecule has 4 rings (SSSR count). The number of benzene rings is 1. The summed E-state index contributed by atoms with van der Waals surface area (Å²) in [6, 6.07) is 8.65. The molecule has 1 aliphatic heterocycles. The van der Waals surface area contributed by atoms with Gasteiger partial charge in [-0.15, -0.1) is 11.3 Å². The van der Waals surface area contributed by atoms with E-state index >= 15 is 0 Å². The second kappa shape index (κ2) is 9.20. The Bertz CT molecular complexity index is 1050. The Balaban J connectivity index is 1.37. The molecule has 1 unspecified atom stereocenters. The third-order valence-corrected chi connectivity index (χ3v) is 6.48. The number of carbonyl (C=O) groups excluding carboxylic acids is 2. The van der Waals surface area contributed by atoms with E-state index in [1.54, 1.807) is 35.4 Å². The number of amides is 2. The Morgan fingerprint density at radius 3 is 2.97 bits per heavy atom. The molecule has 1 saturated heterocycles. The molecule has 1 atom stereocenters. The number of thiazole rings is 1. The smallest absolute Gasteiger partial charge is 0.289 e. The van der Waals surface area contributed by atoms with Gasteiger partial charge in [0, 0.05) is 40.6 Å². The molecule has 3 heterocycles. The molecule has 6 nitrogen and oxygen atoms in total. The fraction of sp³-hybridized carbons (Fsp3) is 0.286. The minimum Gasteiger partial charge on any atom is -0.459 e. The molecule has 156 valence electrons. The van der Waals surface area contributed by atoms with E-state index in [0.717, 1.165) is 23.3 Å². The van der Waals surface area contributed by atoms with Crippen LogP contribution in [0.1, 0.15) is 33.8 Å². The Hall–Kier alpha value is -2.35. The van der Waals surface area contributed by atoms with Gasteiger partial charge >= 0.3 is 0 Å². The average molecular weight is 464 g/mol. The highest BCUT2D eigenvalue weighted by Gasteiger charge is 2.30. The second-order valence-electron chi connectivity index (χ2n) is 7.10. The van der Waals surface area contributed by atoms with E-state index in [-0.39, 0.29) is 17.7 Å². The minimum atomic E-state index is -0.285. The first-order valence-electron chi connectivity index (χ1n) is 9.52. The van der Waals surface area contributed by atoms with Crippen molar-refractivity contribution in [3.05, 3.63) is 69.0 Å². The number of likely N-dealkylation sites (tertiary alicyclic amines) is 1. The first-order chi connectivity index (χ1) is 14.5. The van der Waals surface area contributed by atoms with Crippen LogP contribution in [0.15, 0.2) is 47.2 Å². The van der Waals surface area contributed by atoms with E-state index in [1.807, 2.05) is 6.07 Å². The monoisotopic (exact) mass is 463 g/mol. The summed E-state index contributed by atoms with van der Waals surface area (Å²) in [7, 11) is 0. The molecule has 3 aromatic rings. The van der Waals surface area contributed by atoms with Crippen molar-refractivity contribution in [2.75, 3.05) is 18.4 Å². The number of carbonyl (C=O) groups is 2. The maximum Gasteiger partial charge on any atom is 0.289 e. The number of halogens is 2. The summed E-state index contributed by atoms with van der Waals surface area (Å²) in [4.78, 5) is 32.2.